The molecule has 0 aliphatic carbocycles. The number of aliphatic hydroxyl groups excluding tert-OH is 1. The summed E-state index contributed by atoms with van der Waals surface area (Å²) in [6, 6.07) is 22.8. The van der Waals surface area contributed by atoms with Crippen molar-refractivity contribution in [2.75, 3.05) is 42.6 Å². The summed E-state index contributed by atoms with van der Waals surface area (Å²) in [6.07, 6.45) is -0.949. The second kappa shape index (κ2) is 13.8. The molecule has 3 aliphatic rings. The Balaban J connectivity index is 1.33. The number of carbonyl (C=O) groups excluding carboxylic acids is 3. The number of ether oxygens (including phenoxy) is 1. The third-order valence-electron chi connectivity index (χ3n) is 9.89. The summed E-state index contributed by atoms with van der Waals surface area (Å²) in [5.74, 6) is -1.12. The molecule has 0 saturated carbocycles. The number of nitrogens with one attached hydrogen (secondary N) is 1. The van der Waals surface area contributed by atoms with Crippen LogP contribution in [0, 0.1) is 5.92 Å². The van der Waals surface area contributed by atoms with E-state index in [-0.39, 0.29) is 50.4 Å². The maximum atomic E-state index is 16.4. The first-order valence-electron chi connectivity index (χ1n) is 16.5. The smallest absolute Gasteiger partial charge is 0.264 e. The van der Waals surface area contributed by atoms with Crippen molar-refractivity contribution in [1.82, 2.24) is 10.2 Å². The van der Waals surface area contributed by atoms with Crippen LogP contribution >= 0.6 is 15.9 Å². The second-order valence-corrected chi connectivity index (χ2v) is 18.2. The molecule has 3 heterocycles. The fourth-order valence-electron chi connectivity index (χ4n) is 7.78. The predicted octanol–water partition coefficient (Wildman–Crippen LogP) is 5.12. The summed E-state index contributed by atoms with van der Waals surface area (Å²) in [7, 11) is -3.50. The third kappa shape index (κ3) is 6.48. The van der Waals surface area contributed by atoms with Gasteiger partial charge in [-0.1, -0.05) is 65.3 Å². The number of nitrogens with zero attached hydrogens (tertiary/aromatic N) is 3. The Kier molecular flexibility index (Phi) is 9.92. The number of halogens is 2. The minimum Gasteiger partial charge on any atom is -0.395 e. The van der Waals surface area contributed by atoms with E-state index in [9.17, 15) is 19.5 Å². The van der Waals surface area contributed by atoms with Gasteiger partial charge in [0.15, 0.2) is 5.60 Å². The van der Waals surface area contributed by atoms with Gasteiger partial charge in [-0.2, -0.15) is 0 Å². The third-order valence-corrected chi connectivity index (χ3v) is 12.8. The van der Waals surface area contributed by atoms with Crippen molar-refractivity contribution in [3.63, 3.8) is 0 Å². The SMILES string of the molecule is C[C@H]1[C@H]([Si](C)(C)F)[C@@H](CC(=O)N(CCO)Cc2ccccc2)O[C@]12C(=O)N(Cc1cccc(N3CCNCC3=O)c1)c1ccc(Br)cc12. The predicted molar refractivity (Wildman–Crippen MR) is 189 cm³/mol. The lowest BCUT2D eigenvalue weighted by molar-refractivity contribution is -0.150. The van der Waals surface area contributed by atoms with Gasteiger partial charge in [0.2, 0.25) is 20.2 Å². The van der Waals surface area contributed by atoms with Crippen molar-refractivity contribution >= 4 is 53.4 Å². The summed E-state index contributed by atoms with van der Waals surface area (Å²) < 4.78 is 24.0. The lowest BCUT2D eigenvalue weighted by Crippen LogP contribution is -2.48. The zero-order chi connectivity index (χ0) is 34.2. The average Bonchev–Trinajstić information content (AvgIpc) is 3.47. The Labute approximate surface area is 290 Å². The molecular formula is C36H42BrFN4O5Si. The minimum absolute atomic E-state index is 0.0102. The average molecular weight is 738 g/mol. The van der Waals surface area contributed by atoms with Gasteiger partial charge in [0, 0.05) is 53.4 Å². The number of benzene rings is 3. The van der Waals surface area contributed by atoms with Crippen molar-refractivity contribution in [1.29, 1.82) is 0 Å². The number of hydrogen-bond acceptors (Lipinski definition) is 6. The lowest BCUT2D eigenvalue weighted by atomic mass is 9.82. The maximum Gasteiger partial charge on any atom is 0.264 e. The fourth-order valence-corrected chi connectivity index (χ4v) is 10.6. The molecule has 3 aromatic rings. The van der Waals surface area contributed by atoms with Gasteiger partial charge in [0.25, 0.3) is 5.91 Å². The van der Waals surface area contributed by atoms with Crippen LogP contribution in [0.25, 0.3) is 0 Å². The summed E-state index contributed by atoms with van der Waals surface area (Å²) >= 11 is 3.58. The van der Waals surface area contributed by atoms with Crippen LogP contribution in [-0.2, 0) is 37.8 Å². The number of amides is 3. The Morgan fingerprint density at radius 3 is 2.56 bits per heavy atom. The van der Waals surface area contributed by atoms with Crippen LogP contribution in [0.5, 0.6) is 0 Å². The first-order valence-corrected chi connectivity index (χ1v) is 20.2. The number of carbonyl (C=O) groups is 3. The van der Waals surface area contributed by atoms with Crippen molar-refractivity contribution in [2.45, 2.75) is 56.8 Å². The van der Waals surface area contributed by atoms with Gasteiger partial charge in [-0.15, -0.1) is 0 Å². The largest absolute Gasteiger partial charge is 0.395 e. The molecule has 6 rings (SSSR count). The minimum atomic E-state index is -3.50. The number of aliphatic hydroxyl groups is 1. The first-order chi connectivity index (χ1) is 22.9. The molecule has 48 heavy (non-hydrogen) atoms. The molecular weight excluding hydrogens is 695 g/mol. The molecule has 12 heteroatoms. The number of fused-ring (bicyclic) bond motifs is 2. The normalized spacial score (nSPS) is 24.0. The molecule has 4 atom stereocenters. The Morgan fingerprint density at radius 2 is 1.85 bits per heavy atom. The van der Waals surface area contributed by atoms with Gasteiger partial charge in [-0.25, -0.2) is 0 Å². The molecule has 2 fully saturated rings. The van der Waals surface area contributed by atoms with Crippen molar-refractivity contribution in [3.8, 4) is 0 Å². The first kappa shape index (κ1) is 34.4. The quantitative estimate of drug-likeness (QED) is 0.222. The molecule has 0 unspecified atom stereocenters. The molecule has 0 aromatic heterocycles. The highest BCUT2D eigenvalue weighted by molar-refractivity contribution is 9.10. The van der Waals surface area contributed by atoms with Crippen LogP contribution in [0.15, 0.2) is 77.3 Å². The zero-order valence-electron chi connectivity index (χ0n) is 27.5. The zero-order valence-corrected chi connectivity index (χ0v) is 30.1. The van der Waals surface area contributed by atoms with Gasteiger partial charge in [0.05, 0.1) is 37.9 Å². The molecule has 3 aliphatic heterocycles. The maximum absolute atomic E-state index is 16.4. The molecule has 1 spiro atoms. The van der Waals surface area contributed by atoms with E-state index in [1.54, 1.807) is 27.8 Å². The summed E-state index contributed by atoms with van der Waals surface area (Å²) in [5, 5.41) is 12.9. The van der Waals surface area contributed by atoms with Gasteiger partial charge in [-0.05, 0) is 54.6 Å². The summed E-state index contributed by atoms with van der Waals surface area (Å²) in [6.45, 7) is 7.09. The standard InChI is InChI=1S/C36H42BrFN4O5Si/c1-24-34(48(2,3)38)31(20-32(44)40(16-17-43)22-25-8-5-4-6-9-25)47-36(24)29-19-27(37)12-13-30(29)42(35(36)46)23-26-10-7-11-28(18-26)41-15-14-39-21-33(41)45/h4-13,18-19,24,31,34,39,43H,14-17,20-23H2,1-3H3/t24-,31+,34-,36+/m0/s1. The van der Waals surface area contributed by atoms with Gasteiger partial charge >= 0.3 is 0 Å². The molecule has 254 valence electrons. The van der Waals surface area contributed by atoms with Gasteiger partial charge in [-0.3, -0.25) is 14.4 Å². The van der Waals surface area contributed by atoms with E-state index in [2.05, 4.69) is 21.2 Å². The van der Waals surface area contributed by atoms with Crippen molar-refractivity contribution < 1.29 is 28.3 Å². The topological polar surface area (TPSA) is 102 Å². The van der Waals surface area contributed by atoms with E-state index < -0.39 is 31.6 Å². The van der Waals surface area contributed by atoms with Crippen LogP contribution in [0.4, 0.5) is 15.5 Å². The highest BCUT2D eigenvalue weighted by atomic mass is 79.9. The Morgan fingerprint density at radius 1 is 1.10 bits per heavy atom. The molecule has 0 radical (unpaired) electrons. The van der Waals surface area contributed by atoms with E-state index >= 15 is 4.11 Å². The molecule has 3 amide bonds. The number of piperazine rings is 1. The van der Waals surface area contributed by atoms with E-state index in [4.69, 9.17) is 4.74 Å². The number of rotatable bonds is 10. The van der Waals surface area contributed by atoms with Gasteiger partial charge in [0.1, 0.15) is 0 Å². The summed E-state index contributed by atoms with van der Waals surface area (Å²) in [4.78, 5) is 46.3. The van der Waals surface area contributed by atoms with E-state index in [1.165, 1.54) is 0 Å². The highest BCUT2D eigenvalue weighted by Gasteiger charge is 2.67. The molecule has 2 N–H and O–H groups in total. The van der Waals surface area contributed by atoms with Crippen LogP contribution in [-0.4, -0.2) is 75.0 Å². The van der Waals surface area contributed by atoms with Crippen LogP contribution in [0.3, 0.4) is 0 Å². The molecule has 3 aromatic carbocycles. The second-order valence-electron chi connectivity index (χ2n) is 13.4. The monoisotopic (exact) mass is 736 g/mol. The molecule has 0 bridgehead atoms. The van der Waals surface area contributed by atoms with Crippen molar-refractivity contribution in [3.05, 3.63) is 94.0 Å². The number of anilines is 2. The Bertz CT molecular complexity index is 1690. The van der Waals surface area contributed by atoms with Crippen molar-refractivity contribution in [2.24, 2.45) is 5.92 Å². The Hall–Kier alpha value is -3.42. The summed E-state index contributed by atoms with van der Waals surface area (Å²) in [5.41, 5.74) is 1.72. The lowest BCUT2D eigenvalue weighted by Gasteiger charge is -2.31. The highest BCUT2D eigenvalue weighted by Crippen LogP contribution is 2.60. The van der Waals surface area contributed by atoms with Crippen LogP contribution < -0.4 is 15.1 Å². The van der Waals surface area contributed by atoms with E-state index in [0.29, 0.717) is 30.9 Å². The number of hydrogen-bond donors (Lipinski definition) is 2. The van der Waals surface area contributed by atoms with Crippen LogP contribution in [0.2, 0.25) is 18.6 Å². The van der Waals surface area contributed by atoms with E-state index in [0.717, 1.165) is 21.3 Å². The van der Waals surface area contributed by atoms with Crippen LogP contribution in [0.1, 0.15) is 30.0 Å². The molecule has 2 saturated heterocycles. The van der Waals surface area contributed by atoms with E-state index in [1.807, 2.05) is 79.7 Å². The van der Waals surface area contributed by atoms with Gasteiger partial charge < -0.3 is 34.0 Å². The fraction of sp³-hybridized carbons (Fsp3) is 0.417. The molecule has 9 nitrogen and oxygen atoms in total.